The second-order valence-electron chi connectivity index (χ2n) is 4.75. The van der Waals surface area contributed by atoms with Gasteiger partial charge in [-0.15, -0.1) is 0 Å². The summed E-state index contributed by atoms with van der Waals surface area (Å²) in [5, 5.41) is 0. The maximum absolute atomic E-state index is 10.1. The van der Waals surface area contributed by atoms with Crippen molar-refractivity contribution < 1.29 is 71.2 Å². The molecule has 0 bridgehead atoms. The minimum Gasteiger partial charge on any atom is -0.465 e. The number of halogens is 5. The molecule has 0 saturated heterocycles. The molecule has 0 aromatic carbocycles. The molecule has 0 aliphatic carbocycles. The van der Waals surface area contributed by atoms with Crippen molar-refractivity contribution in [1.29, 1.82) is 0 Å². The van der Waals surface area contributed by atoms with Gasteiger partial charge in [-0.05, 0) is 34.6 Å². The van der Waals surface area contributed by atoms with Crippen molar-refractivity contribution in [1.82, 2.24) is 0 Å². The lowest BCUT2D eigenvalue weighted by molar-refractivity contribution is -0.140. The van der Waals surface area contributed by atoms with Crippen LogP contribution in [0.15, 0.2) is 0 Å². The number of hydrogen-bond acceptors (Lipinski definition) is 10. The van der Waals surface area contributed by atoms with Crippen LogP contribution in [0, 0.1) is 0 Å². The minimum atomic E-state index is -0.308. The Morgan fingerprint density at radius 2 is 0.450 bits per heavy atom. The van der Waals surface area contributed by atoms with Gasteiger partial charge in [0, 0.05) is 0 Å². The number of esters is 5. The SMILES string of the molecule is CCOC(=O)C[S].CCOC(=O)C[S].CCOC(=O)C[S].CCOC(=O)C[S].CCOC(=O)C[S].F.F.F.F.F. The number of carbonyl (C=O) groups is 5. The molecular weight excluding hydrogens is 656 g/mol. The van der Waals surface area contributed by atoms with E-state index in [0.717, 1.165) is 0 Å². The van der Waals surface area contributed by atoms with E-state index in [1.807, 2.05) is 0 Å². The lowest BCUT2D eigenvalue weighted by atomic mass is 10.8. The van der Waals surface area contributed by atoms with Crippen LogP contribution in [0.1, 0.15) is 34.6 Å². The summed E-state index contributed by atoms with van der Waals surface area (Å²) in [5.74, 6) is -1.22. The molecule has 20 heteroatoms. The highest BCUT2D eigenvalue weighted by molar-refractivity contribution is 7.81. The highest BCUT2D eigenvalue weighted by atomic mass is 32.1. The molecule has 0 unspecified atom stereocenters. The summed E-state index contributed by atoms with van der Waals surface area (Å²) in [6, 6.07) is 0. The third kappa shape index (κ3) is 83.3. The van der Waals surface area contributed by atoms with Crippen molar-refractivity contribution in [2.45, 2.75) is 34.6 Å². The minimum absolute atomic E-state index is 0. The number of ether oxygens (including phenoxy) is 5. The quantitative estimate of drug-likeness (QED) is 0.183. The fraction of sp³-hybridized carbons (Fsp3) is 0.750. The van der Waals surface area contributed by atoms with E-state index in [1.54, 1.807) is 34.6 Å². The molecule has 0 N–H and O–H groups in total. The van der Waals surface area contributed by atoms with E-state index in [1.165, 1.54) is 0 Å². The maximum atomic E-state index is 10.1. The van der Waals surface area contributed by atoms with Gasteiger partial charge in [0.05, 0.1) is 33.0 Å². The predicted molar refractivity (Wildman–Crippen MR) is 158 cm³/mol. The summed E-state index contributed by atoms with van der Waals surface area (Å²) < 4.78 is 22.2. The van der Waals surface area contributed by atoms with Crippen LogP contribution < -0.4 is 0 Å². The predicted octanol–water partition coefficient (Wildman–Crippen LogP) is 4.50. The van der Waals surface area contributed by atoms with E-state index in [2.05, 4.69) is 86.8 Å². The van der Waals surface area contributed by atoms with Crippen molar-refractivity contribution in [2.75, 3.05) is 61.8 Å². The van der Waals surface area contributed by atoms with E-state index < -0.39 is 0 Å². The summed E-state index contributed by atoms with van der Waals surface area (Å²) in [6.45, 7) is 10.9. The molecule has 0 amide bonds. The fourth-order valence-electron chi connectivity index (χ4n) is 1.01. The van der Waals surface area contributed by atoms with Crippen LogP contribution in [0.4, 0.5) is 23.5 Å². The Morgan fingerprint density at radius 1 is 0.350 bits per heavy atom. The topological polar surface area (TPSA) is 132 Å². The molecule has 40 heavy (non-hydrogen) atoms. The monoisotopic (exact) mass is 695 g/mol. The van der Waals surface area contributed by atoms with Crippen LogP contribution >= 0.6 is 63.1 Å². The smallest absolute Gasteiger partial charge is 0.316 e. The molecule has 0 saturated carbocycles. The number of carbonyl (C=O) groups excluding carboxylic acids is 5. The van der Waals surface area contributed by atoms with Gasteiger partial charge in [-0.1, -0.05) is 63.1 Å². The Kier molecular flexibility index (Phi) is 103. The van der Waals surface area contributed by atoms with Gasteiger partial charge in [-0.2, -0.15) is 0 Å². The molecule has 0 aromatic rings. The summed E-state index contributed by atoms with van der Waals surface area (Å²) in [5.41, 5.74) is 0. The first-order chi connectivity index (χ1) is 16.5. The number of rotatable bonds is 10. The maximum Gasteiger partial charge on any atom is 0.316 e. The Balaban J connectivity index is -0.0000000341. The van der Waals surface area contributed by atoms with Gasteiger partial charge in [0.25, 0.3) is 0 Å². The average Bonchev–Trinajstić information content (AvgIpc) is 2.86. The zero-order valence-electron chi connectivity index (χ0n) is 22.7. The third-order valence-electron chi connectivity index (χ3n) is 2.12. The first-order valence-electron chi connectivity index (χ1n) is 10.2. The largest absolute Gasteiger partial charge is 0.465 e. The Bertz CT molecular complexity index is 440. The second-order valence-corrected chi connectivity index (χ2v) is 6.19. The van der Waals surface area contributed by atoms with E-state index >= 15 is 0 Å². The van der Waals surface area contributed by atoms with Crippen molar-refractivity contribution >= 4 is 93.0 Å². The van der Waals surface area contributed by atoms with Crippen molar-refractivity contribution in [3.05, 3.63) is 0 Å². The highest BCUT2D eigenvalue weighted by Gasteiger charge is 1.95. The molecule has 0 atom stereocenters. The first-order valence-corrected chi connectivity index (χ1v) is 13.1. The molecular formula is C20H40F5O10S5. The molecule has 0 spiro atoms. The van der Waals surface area contributed by atoms with Crippen molar-refractivity contribution in [3.63, 3.8) is 0 Å². The Labute approximate surface area is 259 Å². The van der Waals surface area contributed by atoms with Crippen molar-refractivity contribution in [2.24, 2.45) is 0 Å². The fourth-order valence-corrected chi connectivity index (χ4v) is 1.43. The summed E-state index contributed by atoms with van der Waals surface area (Å²) in [7, 11) is 0. The molecule has 0 aromatic heterocycles. The van der Waals surface area contributed by atoms with Crippen LogP contribution in [0.2, 0.25) is 0 Å². The molecule has 10 nitrogen and oxygen atoms in total. The van der Waals surface area contributed by atoms with Gasteiger partial charge in [0.2, 0.25) is 0 Å². The van der Waals surface area contributed by atoms with Crippen LogP contribution in [0.5, 0.6) is 0 Å². The van der Waals surface area contributed by atoms with Crippen LogP contribution in [0.25, 0.3) is 0 Å². The normalized spacial score (nSPS) is 7.25. The van der Waals surface area contributed by atoms with Gasteiger partial charge in [-0.3, -0.25) is 47.5 Å². The average molecular weight is 696 g/mol. The summed E-state index contributed by atoms with van der Waals surface area (Å²) in [4.78, 5) is 50.4. The lowest BCUT2D eigenvalue weighted by Gasteiger charge is -1.92. The zero-order chi connectivity index (χ0) is 28.5. The van der Waals surface area contributed by atoms with Crippen LogP contribution in [-0.4, -0.2) is 91.6 Å². The summed E-state index contributed by atoms with van der Waals surface area (Å²) >= 11 is 21.8. The second kappa shape index (κ2) is 61.7. The van der Waals surface area contributed by atoms with E-state index in [-0.39, 0.29) is 82.1 Å². The van der Waals surface area contributed by atoms with E-state index in [9.17, 15) is 24.0 Å². The van der Waals surface area contributed by atoms with Gasteiger partial charge >= 0.3 is 29.8 Å². The van der Waals surface area contributed by atoms with Crippen LogP contribution in [0.3, 0.4) is 0 Å². The first kappa shape index (κ1) is 66.8. The van der Waals surface area contributed by atoms with Gasteiger partial charge in [0.1, 0.15) is 28.8 Å². The molecule has 0 aliphatic heterocycles. The van der Waals surface area contributed by atoms with Crippen molar-refractivity contribution in [3.8, 4) is 0 Å². The Morgan fingerprint density at radius 3 is 0.475 bits per heavy atom. The van der Waals surface area contributed by atoms with Gasteiger partial charge in [0.15, 0.2) is 0 Å². The summed E-state index contributed by atoms with van der Waals surface area (Å²) in [6.07, 6.45) is 0. The lowest BCUT2D eigenvalue weighted by Crippen LogP contribution is -2.03. The zero-order valence-corrected chi connectivity index (χ0v) is 26.8. The van der Waals surface area contributed by atoms with E-state index in [4.69, 9.17) is 0 Å². The molecule has 245 valence electrons. The molecule has 0 fully saturated rings. The number of hydrogen-bond donors (Lipinski definition) is 0. The van der Waals surface area contributed by atoms with Gasteiger partial charge in [-0.25, -0.2) is 0 Å². The van der Waals surface area contributed by atoms with Crippen LogP contribution in [-0.2, 0) is 47.7 Å². The third-order valence-corrected chi connectivity index (χ3v) is 3.29. The highest BCUT2D eigenvalue weighted by Crippen LogP contribution is 1.81. The molecule has 0 rings (SSSR count). The Hall–Kier alpha value is -1.25. The molecule has 5 radical (unpaired) electrons. The molecule has 0 heterocycles. The van der Waals surface area contributed by atoms with Gasteiger partial charge < -0.3 is 23.7 Å². The molecule has 0 aliphatic rings. The van der Waals surface area contributed by atoms with E-state index in [0.29, 0.717) is 33.0 Å². The standard InChI is InChI=1S/5C4H7O2S.5FH/c5*1-2-6-4(5)3-7;;;;;/h5*2-3H2,1H3;5*1H.